The molecule has 0 saturated carbocycles. The summed E-state index contributed by atoms with van der Waals surface area (Å²) in [6.07, 6.45) is -4.05. The molecule has 3 N–H and O–H groups in total. The number of carbonyl (C=O) groups is 2. The number of hydrogen-bond acceptors (Lipinski definition) is 5. The van der Waals surface area contributed by atoms with Gasteiger partial charge in [0.1, 0.15) is 4.88 Å². The molecule has 1 aliphatic heterocycles. The van der Waals surface area contributed by atoms with Gasteiger partial charge in [0.15, 0.2) is 0 Å². The maximum absolute atomic E-state index is 14.1. The van der Waals surface area contributed by atoms with Crippen molar-refractivity contribution in [1.29, 1.82) is 0 Å². The molecule has 2 heterocycles. The molecule has 12 heteroatoms. The number of nitrogens with zero attached hydrogens (tertiary/aromatic N) is 1. The number of benzene rings is 1. The summed E-state index contributed by atoms with van der Waals surface area (Å²) in [5.74, 6) is -7.59. The molecular weight excluding hydrogens is 421 g/mol. The van der Waals surface area contributed by atoms with Crippen molar-refractivity contribution in [2.45, 2.75) is 24.1 Å². The van der Waals surface area contributed by atoms with Gasteiger partial charge in [0.25, 0.3) is 5.91 Å². The van der Waals surface area contributed by atoms with E-state index in [1.165, 1.54) is 5.51 Å². The number of amides is 1. The highest BCUT2D eigenvalue weighted by Gasteiger charge is 2.44. The molecule has 1 aromatic heterocycles. The number of aromatic nitrogens is 1. The van der Waals surface area contributed by atoms with Crippen molar-refractivity contribution in [3.8, 4) is 0 Å². The minimum atomic E-state index is -5.08. The lowest BCUT2D eigenvalue weighted by Gasteiger charge is -2.23. The number of aliphatic carboxylic acids is 1. The van der Waals surface area contributed by atoms with Crippen molar-refractivity contribution < 1.29 is 36.6 Å². The van der Waals surface area contributed by atoms with Crippen LogP contribution in [0.5, 0.6) is 0 Å². The first-order valence-corrected chi connectivity index (χ1v) is 9.05. The zero-order chi connectivity index (χ0) is 21.7. The Morgan fingerprint density at radius 1 is 1.14 bits per heavy atom. The number of halogens is 5. The predicted octanol–water partition coefficient (Wildman–Crippen LogP) is 2.74. The van der Waals surface area contributed by atoms with Crippen molar-refractivity contribution in [3.63, 3.8) is 0 Å². The third-order valence-electron chi connectivity index (χ3n) is 4.03. The van der Waals surface area contributed by atoms with E-state index in [0.29, 0.717) is 13.1 Å². The summed E-state index contributed by atoms with van der Waals surface area (Å²) in [5, 5.41) is 12.8. The number of hydrogen-bond donors (Lipinski definition) is 3. The number of thiazole rings is 1. The first-order valence-electron chi connectivity index (χ1n) is 8.17. The maximum atomic E-state index is 14.1. The summed E-state index contributed by atoms with van der Waals surface area (Å²) in [5.41, 5.74) is 2.32. The van der Waals surface area contributed by atoms with Gasteiger partial charge >= 0.3 is 18.1 Å². The molecule has 1 aliphatic rings. The Balaban J connectivity index is 0.000000370. The van der Waals surface area contributed by atoms with Gasteiger partial charge in [0.05, 0.1) is 5.51 Å². The summed E-state index contributed by atoms with van der Waals surface area (Å²) in [7, 11) is 0. The Labute approximate surface area is 165 Å². The van der Waals surface area contributed by atoms with E-state index in [0.717, 1.165) is 23.1 Å². The van der Waals surface area contributed by atoms with Crippen LogP contribution in [0.2, 0.25) is 0 Å². The van der Waals surface area contributed by atoms with Gasteiger partial charge in [-0.2, -0.15) is 22.0 Å². The van der Waals surface area contributed by atoms with Crippen molar-refractivity contribution in [2.75, 3.05) is 13.1 Å². The molecule has 0 spiro atoms. The van der Waals surface area contributed by atoms with Gasteiger partial charge in [-0.1, -0.05) is 30.3 Å². The fourth-order valence-electron chi connectivity index (χ4n) is 2.62. The number of carboxylic acid groups (broad SMARTS) is 1. The van der Waals surface area contributed by atoms with E-state index in [4.69, 9.17) is 9.90 Å². The van der Waals surface area contributed by atoms with Crippen molar-refractivity contribution in [3.05, 3.63) is 52.5 Å². The number of carboxylic acids is 1. The molecule has 0 bridgehead atoms. The van der Waals surface area contributed by atoms with Gasteiger partial charge in [-0.05, 0) is 5.56 Å². The topological polar surface area (TPSA) is 91.3 Å². The third kappa shape index (κ3) is 5.94. The Bertz CT molecular complexity index is 815. The number of alkyl halides is 5. The molecule has 1 amide bonds. The highest BCUT2D eigenvalue weighted by molar-refractivity contribution is 7.09. The zero-order valence-electron chi connectivity index (χ0n) is 14.6. The summed E-state index contributed by atoms with van der Waals surface area (Å²) in [4.78, 5) is 24.2. The lowest BCUT2D eigenvalue weighted by molar-refractivity contribution is -0.192. The maximum Gasteiger partial charge on any atom is 0.490 e. The Hall–Kier alpha value is -2.60. The fraction of sp³-hybridized carbons (Fsp3) is 0.353. The number of rotatable bonds is 4. The van der Waals surface area contributed by atoms with E-state index in [-0.39, 0.29) is 16.8 Å². The molecule has 1 aromatic carbocycles. The smallest absolute Gasteiger partial charge is 0.475 e. The van der Waals surface area contributed by atoms with Crippen LogP contribution in [-0.4, -0.2) is 47.3 Å². The average Bonchev–Trinajstić information content (AvgIpc) is 3.34. The molecule has 2 aromatic rings. The molecule has 1 saturated heterocycles. The minimum Gasteiger partial charge on any atom is -0.475 e. The van der Waals surface area contributed by atoms with Gasteiger partial charge in [-0.25, -0.2) is 4.79 Å². The molecular formula is C17H16F5N3O3S. The molecule has 2 atom stereocenters. The lowest BCUT2D eigenvalue weighted by atomic mass is 9.94. The quantitative estimate of drug-likeness (QED) is 0.640. The SMILES string of the molecule is O=C(N[C@@H]1CNC[C@H]1c1ccccc1)C(F)(F)c1cncs1.O=C(O)C(F)(F)F. The summed E-state index contributed by atoms with van der Waals surface area (Å²) in [6.45, 7) is 1.13. The predicted molar refractivity (Wildman–Crippen MR) is 93.7 cm³/mol. The monoisotopic (exact) mass is 437 g/mol. The molecule has 0 aliphatic carbocycles. The van der Waals surface area contributed by atoms with E-state index in [2.05, 4.69) is 15.6 Å². The van der Waals surface area contributed by atoms with Gasteiger partial charge in [-0.3, -0.25) is 9.78 Å². The summed E-state index contributed by atoms with van der Waals surface area (Å²) in [6, 6.07) is 9.23. The van der Waals surface area contributed by atoms with Crippen molar-refractivity contribution >= 4 is 23.2 Å². The fourth-order valence-corrected chi connectivity index (χ4v) is 3.22. The Morgan fingerprint density at radius 2 is 1.76 bits per heavy atom. The second-order valence-corrected chi connectivity index (χ2v) is 6.88. The first-order chi connectivity index (χ1) is 13.5. The second kappa shape index (κ2) is 9.27. The van der Waals surface area contributed by atoms with Crippen LogP contribution >= 0.6 is 11.3 Å². The number of nitrogens with one attached hydrogen (secondary N) is 2. The van der Waals surface area contributed by atoms with E-state index in [1.807, 2.05) is 30.3 Å². The zero-order valence-corrected chi connectivity index (χ0v) is 15.4. The van der Waals surface area contributed by atoms with Gasteiger partial charge in [0, 0.05) is 31.2 Å². The largest absolute Gasteiger partial charge is 0.490 e. The Kier molecular flexibility index (Phi) is 7.25. The number of carbonyl (C=O) groups excluding carboxylic acids is 1. The van der Waals surface area contributed by atoms with E-state index < -0.39 is 24.0 Å². The van der Waals surface area contributed by atoms with Crippen LogP contribution in [0.4, 0.5) is 22.0 Å². The van der Waals surface area contributed by atoms with E-state index >= 15 is 0 Å². The third-order valence-corrected chi connectivity index (χ3v) is 4.87. The molecule has 0 unspecified atom stereocenters. The molecule has 0 radical (unpaired) electrons. The molecule has 158 valence electrons. The average molecular weight is 437 g/mol. The minimum absolute atomic E-state index is 0.0117. The second-order valence-electron chi connectivity index (χ2n) is 6.00. The Morgan fingerprint density at radius 3 is 2.28 bits per heavy atom. The van der Waals surface area contributed by atoms with Crippen molar-refractivity contribution in [1.82, 2.24) is 15.6 Å². The van der Waals surface area contributed by atoms with Gasteiger partial charge in [0.2, 0.25) is 0 Å². The van der Waals surface area contributed by atoms with Crippen molar-refractivity contribution in [2.24, 2.45) is 0 Å². The molecule has 29 heavy (non-hydrogen) atoms. The van der Waals surface area contributed by atoms with Gasteiger partial charge < -0.3 is 15.7 Å². The molecule has 1 fully saturated rings. The van der Waals surface area contributed by atoms with E-state index in [1.54, 1.807) is 0 Å². The van der Waals surface area contributed by atoms with Crippen LogP contribution in [0.25, 0.3) is 0 Å². The van der Waals surface area contributed by atoms with Crippen LogP contribution in [0, 0.1) is 0 Å². The van der Waals surface area contributed by atoms with Gasteiger partial charge in [-0.15, -0.1) is 11.3 Å². The van der Waals surface area contributed by atoms with Crippen LogP contribution in [0.3, 0.4) is 0 Å². The standard InChI is InChI=1S/C15H15F2N3OS.C2HF3O2/c16-15(17,13-8-19-9-22-13)14(21)20-12-7-18-6-11(12)10-4-2-1-3-5-10;3-2(4,5)1(6)7/h1-5,8-9,11-12,18H,6-7H2,(H,20,21);(H,6,7)/t11-,12+;/m0./s1. The van der Waals surface area contributed by atoms with E-state index in [9.17, 15) is 26.7 Å². The normalized spacial score (nSPS) is 19.2. The van der Waals surface area contributed by atoms with Crippen LogP contribution < -0.4 is 10.6 Å². The lowest BCUT2D eigenvalue weighted by Crippen LogP contribution is -2.46. The highest BCUT2D eigenvalue weighted by Crippen LogP contribution is 2.32. The summed E-state index contributed by atoms with van der Waals surface area (Å²) < 4.78 is 59.9. The highest BCUT2D eigenvalue weighted by atomic mass is 32.1. The van der Waals surface area contributed by atoms with Crippen LogP contribution in [-0.2, 0) is 15.5 Å². The van der Waals surface area contributed by atoms with Crippen LogP contribution in [0.1, 0.15) is 16.4 Å². The first kappa shape index (κ1) is 22.7. The summed E-state index contributed by atoms with van der Waals surface area (Å²) >= 11 is 0.776. The van der Waals surface area contributed by atoms with Crippen LogP contribution in [0.15, 0.2) is 42.0 Å². The molecule has 6 nitrogen and oxygen atoms in total. The molecule has 3 rings (SSSR count).